The zero-order valence-corrected chi connectivity index (χ0v) is 24.7. The van der Waals surface area contributed by atoms with Crippen LogP contribution in [0.5, 0.6) is 5.75 Å². The smallest absolute Gasteiger partial charge is 0.387 e. The molecule has 0 radical (unpaired) electrons. The number of anilines is 2. The monoisotopic (exact) mass is 620 g/mol. The van der Waals surface area contributed by atoms with Gasteiger partial charge in [-0.1, -0.05) is 0 Å². The molecule has 12 nitrogen and oxygen atoms in total. The molecule has 4 heterocycles. The van der Waals surface area contributed by atoms with Crippen LogP contribution in [0.1, 0.15) is 15.9 Å². The van der Waals surface area contributed by atoms with Gasteiger partial charge in [0, 0.05) is 75.0 Å². The van der Waals surface area contributed by atoms with Crippen molar-refractivity contribution in [2.24, 2.45) is 0 Å². The van der Waals surface area contributed by atoms with Crippen LogP contribution in [0.25, 0.3) is 16.9 Å². The molecule has 2 aromatic carbocycles. The first-order chi connectivity index (χ1) is 21.8. The number of piperazine rings is 2. The molecule has 0 aliphatic carbocycles. The van der Waals surface area contributed by atoms with Gasteiger partial charge in [0.2, 0.25) is 0 Å². The highest BCUT2D eigenvalue weighted by Gasteiger charge is 2.32. The number of ether oxygens (including phenoxy) is 1. The van der Waals surface area contributed by atoms with Gasteiger partial charge in [0.1, 0.15) is 5.75 Å². The number of urea groups is 1. The van der Waals surface area contributed by atoms with Gasteiger partial charge in [-0.05, 0) is 55.0 Å². The van der Waals surface area contributed by atoms with Crippen molar-refractivity contribution in [2.75, 3.05) is 57.7 Å². The number of hydrogen-bond acceptors (Lipinski definition) is 8. The van der Waals surface area contributed by atoms with E-state index in [-0.39, 0.29) is 30.3 Å². The van der Waals surface area contributed by atoms with Crippen LogP contribution in [0.3, 0.4) is 0 Å². The summed E-state index contributed by atoms with van der Waals surface area (Å²) in [5, 5.41) is 16.1. The Morgan fingerprint density at radius 1 is 1.07 bits per heavy atom. The van der Waals surface area contributed by atoms with Crippen LogP contribution >= 0.6 is 0 Å². The van der Waals surface area contributed by atoms with E-state index in [9.17, 15) is 23.5 Å². The summed E-state index contributed by atoms with van der Waals surface area (Å²) in [5.74, 6) is 0.488. The first-order valence-corrected chi connectivity index (χ1v) is 14.7. The van der Waals surface area contributed by atoms with E-state index in [0.29, 0.717) is 62.8 Å². The fourth-order valence-corrected chi connectivity index (χ4v) is 5.77. The van der Waals surface area contributed by atoms with Crippen molar-refractivity contribution >= 4 is 29.1 Å². The third-order valence-electron chi connectivity index (χ3n) is 8.17. The summed E-state index contributed by atoms with van der Waals surface area (Å²) in [6.07, 6.45) is 5.08. The number of aromatic nitrogens is 3. The number of alkyl halides is 2. The fraction of sp³-hybridized carbons (Fsp3) is 0.355. The largest absolute Gasteiger partial charge is 0.435 e. The van der Waals surface area contributed by atoms with Crippen molar-refractivity contribution in [3.8, 4) is 17.0 Å². The quantitative estimate of drug-likeness (QED) is 0.288. The number of nitrogens with one attached hydrogen (secondary N) is 2. The van der Waals surface area contributed by atoms with E-state index in [1.165, 1.54) is 12.1 Å². The maximum atomic E-state index is 13.4. The zero-order chi connectivity index (χ0) is 31.5. The van der Waals surface area contributed by atoms with Crippen molar-refractivity contribution in [3.63, 3.8) is 0 Å². The number of rotatable bonds is 7. The lowest BCUT2D eigenvalue weighted by molar-refractivity contribution is -0.0498. The molecule has 6 rings (SSSR count). The number of imidazole rings is 1. The number of carbonyl (C=O) groups is 2. The number of aliphatic hydroxyl groups excluding tert-OH is 1. The summed E-state index contributed by atoms with van der Waals surface area (Å²) in [5.41, 5.74) is 4.18. The molecule has 45 heavy (non-hydrogen) atoms. The number of carbonyl (C=O) groups excluding carboxylic acids is 2. The van der Waals surface area contributed by atoms with E-state index in [4.69, 9.17) is 0 Å². The summed E-state index contributed by atoms with van der Waals surface area (Å²) >= 11 is 0. The standard InChI is InChI=1S/C31H34F2N8O4/c1-20-16-22(37-27-28-36-18-26(41(28)11-9-35-27)21-2-5-24(6-3-21)45-30(32)33)4-7-25(20)29(43)38-12-14-39(15-13-38)31(44)40-10-8-34-17-23(40)19-42/h2-7,9,11,16,18,23,30,34,42H,8,10,12-15,17,19H2,1H3,(H,35,37). The lowest BCUT2D eigenvalue weighted by atomic mass is 10.1. The minimum Gasteiger partial charge on any atom is -0.435 e. The van der Waals surface area contributed by atoms with E-state index < -0.39 is 6.61 Å². The number of fused-ring (bicyclic) bond motifs is 1. The number of amides is 3. The van der Waals surface area contributed by atoms with E-state index in [1.54, 1.807) is 51.5 Å². The Labute approximate surface area is 258 Å². The van der Waals surface area contributed by atoms with Crippen LogP contribution in [-0.2, 0) is 0 Å². The fourth-order valence-electron chi connectivity index (χ4n) is 5.77. The van der Waals surface area contributed by atoms with Gasteiger partial charge in [0.25, 0.3) is 5.91 Å². The van der Waals surface area contributed by atoms with Crippen LogP contribution in [0, 0.1) is 6.92 Å². The molecule has 3 N–H and O–H groups in total. The molecular formula is C31H34F2N8O4. The molecule has 0 spiro atoms. The van der Waals surface area contributed by atoms with Crippen LogP contribution in [0.4, 0.5) is 25.1 Å². The SMILES string of the molecule is Cc1cc(Nc2nccn3c(-c4ccc(OC(F)F)cc4)cnc23)ccc1C(=O)N1CCN(C(=O)N2CCNCC2CO)CC1. The van der Waals surface area contributed by atoms with Crippen LogP contribution in [0.2, 0.25) is 0 Å². The molecule has 4 aromatic rings. The highest BCUT2D eigenvalue weighted by atomic mass is 19.3. The summed E-state index contributed by atoms with van der Waals surface area (Å²) in [6.45, 7) is 2.42. The molecule has 3 amide bonds. The third-order valence-corrected chi connectivity index (χ3v) is 8.17. The summed E-state index contributed by atoms with van der Waals surface area (Å²) in [4.78, 5) is 40.7. The van der Waals surface area contributed by atoms with Crippen LogP contribution < -0.4 is 15.4 Å². The maximum Gasteiger partial charge on any atom is 0.387 e. The van der Waals surface area contributed by atoms with Crippen LogP contribution in [-0.4, -0.2) is 111 Å². The molecule has 1 unspecified atom stereocenters. The van der Waals surface area contributed by atoms with Crippen molar-refractivity contribution in [2.45, 2.75) is 19.6 Å². The normalized spacial score (nSPS) is 17.2. The van der Waals surface area contributed by atoms with Gasteiger partial charge in [0.15, 0.2) is 11.5 Å². The summed E-state index contributed by atoms with van der Waals surface area (Å²) in [7, 11) is 0. The molecule has 14 heteroatoms. The molecule has 0 bridgehead atoms. The highest BCUT2D eigenvalue weighted by molar-refractivity contribution is 5.96. The first-order valence-electron chi connectivity index (χ1n) is 14.7. The van der Waals surface area contributed by atoms with Gasteiger partial charge in [-0.3, -0.25) is 9.20 Å². The second-order valence-electron chi connectivity index (χ2n) is 11.0. The van der Waals surface area contributed by atoms with Gasteiger partial charge < -0.3 is 35.2 Å². The Morgan fingerprint density at radius 3 is 2.53 bits per heavy atom. The Kier molecular flexibility index (Phi) is 8.76. The van der Waals surface area contributed by atoms with Crippen molar-refractivity contribution in [1.82, 2.24) is 34.4 Å². The average molecular weight is 621 g/mol. The number of aryl methyl sites for hydroxylation is 1. The van der Waals surface area contributed by atoms with Gasteiger partial charge >= 0.3 is 12.6 Å². The zero-order valence-electron chi connectivity index (χ0n) is 24.7. The Bertz CT molecular complexity index is 1670. The molecule has 2 fully saturated rings. The molecular weight excluding hydrogens is 586 g/mol. The lowest BCUT2D eigenvalue weighted by Gasteiger charge is -2.41. The van der Waals surface area contributed by atoms with Crippen LogP contribution in [0.15, 0.2) is 61.1 Å². The summed E-state index contributed by atoms with van der Waals surface area (Å²) < 4.78 is 31.3. The molecule has 2 aliphatic heterocycles. The summed E-state index contributed by atoms with van der Waals surface area (Å²) in [6, 6.07) is 11.5. The predicted octanol–water partition coefficient (Wildman–Crippen LogP) is 3.19. The van der Waals surface area contributed by atoms with Crippen molar-refractivity contribution < 1.29 is 28.2 Å². The number of benzene rings is 2. The minimum atomic E-state index is -2.89. The Balaban J connectivity index is 1.11. The molecule has 236 valence electrons. The molecule has 2 aliphatic rings. The molecule has 2 aromatic heterocycles. The van der Waals surface area contributed by atoms with Gasteiger partial charge in [-0.25, -0.2) is 14.8 Å². The number of aliphatic hydroxyl groups is 1. The average Bonchev–Trinajstić information content (AvgIpc) is 3.50. The van der Waals surface area contributed by atoms with E-state index in [2.05, 4.69) is 25.3 Å². The van der Waals surface area contributed by atoms with E-state index in [1.807, 2.05) is 23.5 Å². The van der Waals surface area contributed by atoms with E-state index >= 15 is 0 Å². The minimum absolute atomic E-state index is 0.0732. The number of hydrogen-bond donors (Lipinski definition) is 3. The van der Waals surface area contributed by atoms with Gasteiger partial charge in [-0.15, -0.1) is 0 Å². The second kappa shape index (κ2) is 13.0. The highest BCUT2D eigenvalue weighted by Crippen LogP contribution is 2.28. The van der Waals surface area contributed by atoms with E-state index in [0.717, 1.165) is 22.5 Å². The van der Waals surface area contributed by atoms with Gasteiger partial charge in [0.05, 0.1) is 24.5 Å². The number of halogens is 2. The topological polar surface area (TPSA) is 128 Å². The third kappa shape index (κ3) is 6.37. The second-order valence-corrected chi connectivity index (χ2v) is 11.0. The first kappa shape index (κ1) is 30.2. The molecule has 1 atom stereocenters. The molecule has 2 saturated heterocycles. The number of nitrogens with zero attached hydrogens (tertiary/aromatic N) is 6. The maximum absolute atomic E-state index is 13.4. The van der Waals surface area contributed by atoms with Gasteiger partial charge in [-0.2, -0.15) is 8.78 Å². The predicted molar refractivity (Wildman–Crippen MR) is 163 cm³/mol. The Morgan fingerprint density at radius 2 is 1.82 bits per heavy atom. The lowest BCUT2D eigenvalue weighted by Crippen LogP contribution is -2.61. The van der Waals surface area contributed by atoms with Crippen molar-refractivity contribution in [1.29, 1.82) is 0 Å². The molecule has 0 saturated carbocycles. The van der Waals surface area contributed by atoms with Crippen molar-refractivity contribution in [3.05, 3.63) is 72.2 Å². The Hall–Kier alpha value is -4.82.